The first-order valence-electron chi connectivity index (χ1n) is 49.1. The van der Waals surface area contributed by atoms with Crippen molar-refractivity contribution in [3.8, 4) is 11.5 Å². The second-order valence-corrected chi connectivity index (χ2v) is 42.4. The van der Waals surface area contributed by atoms with Gasteiger partial charge in [0.2, 0.25) is 0 Å². The Hall–Kier alpha value is -8.96. The fourth-order valence-corrected chi connectivity index (χ4v) is 20.4. The van der Waals surface area contributed by atoms with Gasteiger partial charge >= 0.3 is 71.6 Å². The van der Waals surface area contributed by atoms with Gasteiger partial charge in [0.15, 0.2) is 0 Å². The summed E-state index contributed by atoms with van der Waals surface area (Å²) in [6, 6.07) is 7.78. The molecule has 8 aliphatic rings. The maximum atomic E-state index is 12.9. The molecular weight excluding hydrogens is 1680 g/mol. The molecule has 0 bridgehead atoms. The summed E-state index contributed by atoms with van der Waals surface area (Å²) < 4.78 is 63.9. The summed E-state index contributed by atoms with van der Waals surface area (Å²) in [6.07, 6.45) is 35.4. The molecule has 0 saturated heterocycles. The van der Waals surface area contributed by atoms with Crippen LogP contribution in [0.4, 0.5) is 0 Å². The summed E-state index contributed by atoms with van der Waals surface area (Å²) in [4.78, 5) is 144. The van der Waals surface area contributed by atoms with Gasteiger partial charge in [-0.25, -0.2) is 19.2 Å². The Kier molecular flexibility index (Phi) is 44.5. The average Bonchev–Trinajstić information content (AvgIpc) is 0.810. The lowest BCUT2D eigenvalue weighted by Gasteiger charge is -2.37. The second kappa shape index (κ2) is 53.4. The van der Waals surface area contributed by atoms with Crippen LogP contribution < -0.4 is 9.47 Å². The van der Waals surface area contributed by atoms with Crippen molar-refractivity contribution < 1.29 is 114 Å². The number of carbonyl (C=O) groups is 12. The summed E-state index contributed by atoms with van der Waals surface area (Å²) in [7, 11) is 2.92. The van der Waals surface area contributed by atoms with Gasteiger partial charge in [0.25, 0.3) is 0 Å². The summed E-state index contributed by atoms with van der Waals surface area (Å²) >= 11 is 0. The molecule has 0 radical (unpaired) electrons. The van der Waals surface area contributed by atoms with Crippen molar-refractivity contribution in [1.82, 2.24) is 0 Å². The molecule has 8 fully saturated rings. The van der Waals surface area contributed by atoms with E-state index in [-0.39, 0.29) is 148 Å². The van der Waals surface area contributed by atoms with E-state index in [1.165, 1.54) is 30.9 Å². The standard InChI is InChI=1S/C32H46O6.C30H42O6.2C23H36O6/c1-8-29(33)36-18-32(6,7)19-37-30(34)26-13-9-24(10-14-26)25-11-15-27(16-12-25)31(35)38-28-17-20(2)21(3)22(4)23(28)5;1-6-27(31)34-18-30(4,5)19-35-28(32)24-12-8-22(9-13-24)23-10-14-25(15-11-23)29(33)36-26-16-7-20(2)21(3)17-26;2*1-5-20(24)28-14-23(2,3)15-29-22(26)19-12-8-17(9-13-19)16-6-10-18(11-7-16)21(25)27-4/h8,17,24-27H,1,9-16,18-19H2,2-7H3;6-7,16-17,22-25H,1,8-15,18-19H2,2-5H3;2*5,16-19H,1,6-15H2,2-4H3. The Bertz CT molecular complexity index is 4050. The monoisotopic (exact) mass is 1840 g/mol. The van der Waals surface area contributed by atoms with Crippen LogP contribution in [0.3, 0.4) is 0 Å². The maximum absolute atomic E-state index is 12.9. The van der Waals surface area contributed by atoms with E-state index in [4.69, 9.17) is 56.8 Å². The van der Waals surface area contributed by atoms with Crippen molar-refractivity contribution >= 4 is 71.6 Å². The van der Waals surface area contributed by atoms with Crippen molar-refractivity contribution in [3.63, 3.8) is 0 Å². The molecule has 0 N–H and O–H groups in total. The Morgan fingerprint density at radius 2 is 0.470 bits per heavy atom. The molecule has 24 nitrogen and oxygen atoms in total. The highest BCUT2D eigenvalue weighted by atomic mass is 16.6. The fourth-order valence-electron chi connectivity index (χ4n) is 20.4. The number of esters is 12. The zero-order valence-corrected chi connectivity index (χ0v) is 82.8. The molecule has 10 rings (SSSR count). The second-order valence-electron chi connectivity index (χ2n) is 42.4. The third kappa shape index (κ3) is 36.0. The number of rotatable bonds is 34. The number of benzene rings is 2. The van der Waals surface area contributed by atoms with Gasteiger partial charge in [-0.15, -0.1) is 0 Å². The van der Waals surface area contributed by atoms with Crippen LogP contribution in [0.1, 0.15) is 294 Å². The van der Waals surface area contributed by atoms with Gasteiger partial charge in [-0.2, -0.15) is 0 Å². The molecule has 0 amide bonds. The van der Waals surface area contributed by atoms with E-state index in [2.05, 4.69) is 47.1 Å². The van der Waals surface area contributed by atoms with Crippen LogP contribution in [-0.2, 0) is 105 Å². The van der Waals surface area contributed by atoms with E-state index in [9.17, 15) is 57.5 Å². The number of carbonyl (C=O) groups excluding carboxylic acids is 12. The minimum absolute atomic E-state index is 0.0247. The predicted octanol–water partition coefficient (Wildman–Crippen LogP) is 21.0. The van der Waals surface area contributed by atoms with Crippen LogP contribution in [0.5, 0.6) is 11.5 Å². The summed E-state index contributed by atoms with van der Waals surface area (Å²) in [5.74, 6) is 3.48. The van der Waals surface area contributed by atoms with Gasteiger partial charge in [-0.3, -0.25) is 38.4 Å². The minimum atomic E-state index is -0.472. The van der Waals surface area contributed by atoms with Crippen LogP contribution in [-0.4, -0.2) is 139 Å². The molecule has 8 aliphatic carbocycles. The van der Waals surface area contributed by atoms with E-state index in [1.54, 1.807) is 0 Å². The summed E-state index contributed by atoms with van der Waals surface area (Å²) in [5, 5.41) is 0. The first-order chi connectivity index (χ1) is 62.5. The molecule has 2 aromatic carbocycles. The topological polar surface area (TPSA) is 316 Å². The van der Waals surface area contributed by atoms with Crippen molar-refractivity contribution in [2.45, 2.75) is 302 Å². The molecule has 0 unspecified atom stereocenters. The summed E-state index contributed by atoms with van der Waals surface area (Å²) in [6.45, 7) is 42.7. The molecule has 2 aromatic rings. The van der Waals surface area contributed by atoms with Gasteiger partial charge in [0.1, 0.15) is 11.5 Å². The van der Waals surface area contributed by atoms with Gasteiger partial charge in [0.05, 0.1) is 114 Å². The first kappa shape index (κ1) is 110. The lowest BCUT2D eigenvalue weighted by molar-refractivity contribution is -0.157. The van der Waals surface area contributed by atoms with Crippen molar-refractivity contribution in [2.24, 2.45) is 116 Å². The highest BCUT2D eigenvalue weighted by Crippen LogP contribution is 2.48. The number of ether oxygens (including phenoxy) is 12. The number of hydrogen-bond acceptors (Lipinski definition) is 24. The van der Waals surface area contributed by atoms with Gasteiger partial charge in [-0.1, -0.05) is 87.8 Å². The van der Waals surface area contributed by atoms with Crippen molar-refractivity contribution in [3.05, 3.63) is 108 Å². The highest BCUT2D eigenvalue weighted by molar-refractivity contribution is 5.83. The van der Waals surface area contributed by atoms with Crippen LogP contribution in [0.25, 0.3) is 0 Å². The third-order valence-electron chi connectivity index (χ3n) is 29.8. The molecule has 736 valence electrons. The van der Waals surface area contributed by atoms with Crippen molar-refractivity contribution in [2.75, 3.05) is 67.1 Å². The molecule has 24 heteroatoms. The lowest BCUT2D eigenvalue weighted by atomic mass is 9.69. The molecule has 132 heavy (non-hydrogen) atoms. The SMILES string of the molecule is C=CC(=O)OCC(C)(C)COC(=O)C1CCC(C2CCC(C(=O)OC)CC2)CC1.C=CC(=O)OCC(C)(C)COC(=O)C1CCC(C2CCC(C(=O)OC)CC2)CC1.C=CC(=O)OCC(C)(C)COC(=O)C1CCC(C2CCC(C(=O)Oc3cc(C)c(C)c(C)c3C)CC2)CC1.C=CC(=O)OCC(C)(C)COC(=O)C1CCC(C2CCC(C(=O)Oc3ccc(C)c(C)c3)CC2)CC1. The zero-order chi connectivity index (χ0) is 97.2. The van der Waals surface area contributed by atoms with E-state index >= 15 is 0 Å². The van der Waals surface area contributed by atoms with Crippen LogP contribution in [0.2, 0.25) is 0 Å². The molecule has 0 aliphatic heterocycles. The molecular formula is C108H160O24. The van der Waals surface area contributed by atoms with Crippen molar-refractivity contribution in [1.29, 1.82) is 0 Å². The molecule has 8 saturated carbocycles. The fraction of sp³-hybridized carbons (Fsp3) is 0.704. The largest absolute Gasteiger partial charge is 0.469 e. The van der Waals surface area contributed by atoms with Crippen LogP contribution in [0, 0.1) is 158 Å². The highest BCUT2D eigenvalue weighted by Gasteiger charge is 2.42. The molecule has 0 heterocycles. The molecule has 0 atom stereocenters. The first-order valence-corrected chi connectivity index (χ1v) is 49.1. The molecule has 0 spiro atoms. The Balaban J connectivity index is 0.000000242. The van der Waals surface area contributed by atoms with Crippen LogP contribution >= 0.6 is 0 Å². The Morgan fingerprint density at radius 1 is 0.258 bits per heavy atom. The molecule has 0 aromatic heterocycles. The number of hydrogen-bond donors (Lipinski definition) is 0. The van der Waals surface area contributed by atoms with E-state index in [0.29, 0.717) is 58.8 Å². The van der Waals surface area contributed by atoms with E-state index < -0.39 is 45.5 Å². The maximum Gasteiger partial charge on any atom is 0.330 e. The third-order valence-corrected chi connectivity index (χ3v) is 29.8. The summed E-state index contributed by atoms with van der Waals surface area (Å²) in [5.41, 5.74) is 5.21. The normalized spacial score (nSPS) is 25.6. The smallest absolute Gasteiger partial charge is 0.330 e. The number of methoxy groups -OCH3 is 2. The van der Waals surface area contributed by atoms with Crippen LogP contribution in [0.15, 0.2) is 74.9 Å². The predicted molar refractivity (Wildman–Crippen MR) is 504 cm³/mol. The minimum Gasteiger partial charge on any atom is -0.469 e. The van der Waals surface area contributed by atoms with E-state index in [0.717, 1.165) is 246 Å². The zero-order valence-electron chi connectivity index (χ0n) is 82.8. The van der Waals surface area contributed by atoms with Gasteiger partial charge in [0, 0.05) is 46.0 Å². The Labute approximate surface area is 787 Å². The lowest BCUT2D eigenvalue weighted by Crippen LogP contribution is -2.33. The van der Waals surface area contributed by atoms with Gasteiger partial charge in [-0.05, 0) is 346 Å². The van der Waals surface area contributed by atoms with E-state index in [1.807, 2.05) is 100 Å². The Morgan fingerprint density at radius 3 is 0.689 bits per heavy atom. The average molecular weight is 1840 g/mol. The quantitative estimate of drug-likeness (QED) is 0.0272. The van der Waals surface area contributed by atoms with Gasteiger partial charge < -0.3 is 56.8 Å². The number of aryl methyl sites for hydroxylation is 3.